The van der Waals surface area contributed by atoms with Gasteiger partial charge in [-0.3, -0.25) is 0 Å². The van der Waals surface area contributed by atoms with Gasteiger partial charge in [0.25, 0.3) is 0 Å². The first-order chi connectivity index (χ1) is 6.49. The lowest BCUT2D eigenvalue weighted by Crippen LogP contribution is -2.35. The molecule has 80 valence electrons. The highest BCUT2D eigenvalue weighted by Crippen LogP contribution is 2.20. The fraction of sp³-hybridized carbons (Fsp3) is 0.727. The highest BCUT2D eigenvalue weighted by atomic mass is 32.1. The minimum absolute atomic E-state index is 0.290. The van der Waals surface area contributed by atoms with Gasteiger partial charge in [-0.25, -0.2) is 4.98 Å². The molecule has 1 rings (SSSR count). The third-order valence-corrected chi connectivity index (χ3v) is 2.77. The fourth-order valence-corrected chi connectivity index (χ4v) is 1.92. The van der Waals surface area contributed by atoms with Crippen LogP contribution in [0.1, 0.15) is 33.4 Å². The number of aromatic nitrogens is 1. The smallest absolute Gasteiger partial charge is 0.0794 e. The molecule has 14 heavy (non-hydrogen) atoms. The molecule has 0 spiro atoms. The van der Waals surface area contributed by atoms with Crippen LogP contribution in [0.2, 0.25) is 0 Å². The second kappa shape index (κ2) is 4.89. The normalized spacial score (nSPS) is 12.4. The number of hydrogen-bond acceptors (Lipinski definition) is 3. The van der Waals surface area contributed by atoms with Crippen molar-refractivity contribution in [3.8, 4) is 0 Å². The van der Waals surface area contributed by atoms with E-state index in [9.17, 15) is 0 Å². The maximum absolute atomic E-state index is 4.32. The van der Waals surface area contributed by atoms with Gasteiger partial charge in [-0.05, 0) is 11.8 Å². The van der Waals surface area contributed by atoms with Gasteiger partial charge in [0.15, 0.2) is 0 Å². The van der Waals surface area contributed by atoms with Crippen molar-refractivity contribution in [3.05, 3.63) is 16.6 Å². The summed E-state index contributed by atoms with van der Waals surface area (Å²) in [4.78, 5) is 4.32. The Morgan fingerprint density at radius 3 is 2.71 bits per heavy atom. The van der Waals surface area contributed by atoms with Gasteiger partial charge in [-0.2, -0.15) is 0 Å². The summed E-state index contributed by atoms with van der Waals surface area (Å²) < 4.78 is 0. The van der Waals surface area contributed by atoms with E-state index in [1.807, 2.05) is 5.51 Å². The standard InChI is InChI=1S/C11H20N2S/c1-9(2)12-7-11(3,4)5-10-6-14-8-13-10/h6,8-9,12H,5,7H2,1-4H3. The maximum Gasteiger partial charge on any atom is 0.0794 e. The first-order valence-electron chi connectivity index (χ1n) is 5.10. The largest absolute Gasteiger partial charge is 0.314 e. The van der Waals surface area contributed by atoms with Crippen molar-refractivity contribution >= 4 is 11.3 Å². The molecule has 0 saturated heterocycles. The first-order valence-corrected chi connectivity index (χ1v) is 6.04. The van der Waals surface area contributed by atoms with E-state index in [-0.39, 0.29) is 0 Å². The quantitative estimate of drug-likeness (QED) is 0.811. The van der Waals surface area contributed by atoms with E-state index in [1.165, 1.54) is 5.69 Å². The Kier molecular flexibility index (Phi) is 4.08. The summed E-state index contributed by atoms with van der Waals surface area (Å²) in [6.07, 6.45) is 1.05. The zero-order valence-corrected chi connectivity index (χ0v) is 10.3. The van der Waals surface area contributed by atoms with Crippen LogP contribution in [0.25, 0.3) is 0 Å². The molecule has 0 aliphatic rings. The summed E-state index contributed by atoms with van der Waals surface area (Å²) in [6.45, 7) is 9.96. The number of thiazole rings is 1. The van der Waals surface area contributed by atoms with E-state index in [0.717, 1.165) is 13.0 Å². The summed E-state index contributed by atoms with van der Waals surface area (Å²) in [5, 5.41) is 5.61. The summed E-state index contributed by atoms with van der Waals surface area (Å²) in [6, 6.07) is 0.560. The van der Waals surface area contributed by atoms with Crippen molar-refractivity contribution in [3.63, 3.8) is 0 Å². The fourth-order valence-electron chi connectivity index (χ4n) is 1.36. The molecule has 2 nitrogen and oxygen atoms in total. The van der Waals surface area contributed by atoms with E-state index in [0.29, 0.717) is 11.5 Å². The molecule has 0 radical (unpaired) electrons. The minimum Gasteiger partial charge on any atom is -0.314 e. The summed E-state index contributed by atoms with van der Waals surface area (Å²) in [5.41, 5.74) is 3.41. The van der Waals surface area contributed by atoms with Gasteiger partial charge in [-0.1, -0.05) is 27.7 Å². The average Bonchev–Trinajstić information content (AvgIpc) is 2.53. The maximum atomic E-state index is 4.32. The Morgan fingerprint density at radius 2 is 2.21 bits per heavy atom. The number of rotatable bonds is 5. The molecule has 1 aromatic rings. The molecule has 1 aromatic heterocycles. The van der Waals surface area contributed by atoms with Crippen LogP contribution < -0.4 is 5.32 Å². The molecule has 0 aromatic carbocycles. The van der Waals surface area contributed by atoms with Gasteiger partial charge in [0, 0.05) is 18.0 Å². The molecule has 0 amide bonds. The Balaban J connectivity index is 2.41. The summed E-state index contributed by atoms with van der Waals surface area (Å²) >= 11 is 1.67. The van der Waals surface area contributed by atoms with Crippen LogP contribution in [0.5, 0.6) is 0 Å². The average molecular weight is 212 g/mol. The van der Waals surface area contributed by atoms with Crippen molar-refractivity contribution in [1.29, 1.82) is 0 Å². The zero-order chi connectivity index (χ0) is 10.6. The monoisotopic (exact) mass is 212 g/mol. The van der Waals surface area contributed by atoms with Crippen molar-refractivity contribution < 1.29 is 0 Å². The molecular weight excluding hydrogens is 192 g/mol. The molecule has 1 heterocycles. The SMILES string of the molecule is CC(C)NCC(C)(C)Cc1cscn1. The molecule has 0 fully saturated rings. The molecule has 1 N–H and O–H groups in total. The molecule has 3 heteroatoms. The van der Waals surface area contributed by atoms with Crippen LogP contribution in [0, 0.1) is 5.41 Å². The Bertz CT molecular complexity index is 252. The van der Waals surface area contributed by atoms with Gasteiger partial charge in [0.1, 0.15) is 0 Å². The van der Waals surface area contributed by atoms with Crippen LogP contribution in [0.15, 0.2) is 10.9 Å². The van der Waals surface area contributed by atoms with Gasteiger partial charge in [0.2, 0.25) is 0 Å². The molecule has 0 bridgehead atoms. The number of nitrogens with zero attached hydrogens (tertiary/aromatic N) is 1. The van der Waals surface area contributed by atoms with Crippen LogP contribution in [0.3, 0.4) is 0 Å². The minimum atomic E-state index is 0.290. The molecule has 0 aliphatic heterocycles. The van der Waals surface area contributed by atoms with E-state index in [2.05, 4.69) is 43.4 Å². The lowest BCUT2D eigenvalue weighted by molar-refractivity contribution is 0.323. The second-order valence-corrected chi connectivity index (χ2v) is 5.58. The number of hydrogen-bond donors (Lipinski definition) is 1. The molecule has 0 aliphatic carbocycles. The molecular formula is C11H20N2S. The Labute approximate surface area is 90.8 Å². The van der Waals surface area contributed by atoms with Crippen LogP contribution in [0.4, 0.5) is 0 Å². The van der Waals surface area contributed by atoms with E-state index in [1.54, 1.807) is 11.3 Å². The lowest BCUT2D eigenvalue weighted by Gasteiger charge is -2.25. The van der Waals surface area contributed by atoms with E-state index in [4.69, 9.17) is 0 Å². The van der Waals surface area contributed by atoms with Crippen molar-refractivity contribution in [1.82, 2.24) is 10.3 Å². The third kappa shape index (κ3) is 4.20. The van der Waals surface area contributed by atoms with Crippen LogP contribution in [-0.2, 0) is 6.42 Å². The van der Waals surface area contributed by atoms with Crippen molar-refractivity contribution in [2.45, 2.75) is 40.2 Å². The van der Waals surface area contributed by atoms with Gasteiger partial charge < -0.3 is 5.32 Å². The second-order valence-electron chi connectivity index (χ2n) is 4.86. The van der Waals surface area contributed by atoms with Gasteiger partial charge >= 0.3 is 0 Å². The third-order valence-electron chi connectivity index (χ3n) is 2.13. The summed E-state index contributed by atoms with van der Waals surface area (Å²) in [5.74, 6) is 0. The predicted molar refractivity (Wildman–Crippen MR) is 62.7 cm³/mol. The zero-order valence-electron chi connectivity index (χ0n) is 9.50. The Morgan fingerprint density at radius 1 is 1.50 bits per heavy atom. The summed E-state index contributed by atoms with van der Waals surface area (Å²) in [7, 11) is 0. The number of nitrogens with one attached hydrogen (secondary N) is 1. The lowest BCUT2D eigenvalue weighted by atomic mass is 9.88. The van der Waals surface area contributed by atoms with Crippen LogP contribution in [-0.4, -0.2) is 17.6 Å². The highest BCUT2D eigenvalue weighted by molar-refractivity contribution is 7.07. The Hall–Kier alpha value is -0.410. The van der Waals surface area contributed by atoms with Gasteiger partial charge in [0.05, 0.1) is 11.2 Å². The van der Waals surface area contributed by atoms with Crippen LogP contribution >= 0.6 is 11.3 Å². The van der Waals surface area contributed by atoms with Crippen molar-refractivity contribution in [2.75, 3.05) is 6.54 Å². The predicted octanol–water partition coefficient (Wildman–Crippen LogP) is 2.71. The topological polar surface area (TPSA) is 24.9 Å². The van der Waals surface area contributed by atoms with E-state index >= 15 is 0 Å². The molecule has 0 atom stereocenters. The van der Waals surface area contributed by atoms with E-state index < -0.39 is 0 Å². The van der Waals surface area contributed by atoms with Crippen molar-refractivity contribution in [2.24, 2.45) is 5.41 Å². The first kappa shape index (κ1) is 11.7. The van der Waals surface area contributed by atoms with Gasteiger partial charge in [-0.15, -0.1) is 11.3 Å². The molecule has 0 saturated carbocycles. The molecule has 0 unspecified atom stereocenters. The highest BCUT2D eigenvalue weighted by Gasteiger charge is 2.19.